The van der Waals surface area contributed by atoms with Gasteiger partial charge in [-0.1, -0.05) is 68.4 Å². The van der Waals surface area contributed by atoms with Crippen LogP contribution in [0, 0.1) is 12.1 Å². The first-order valence-electron chi connectivity index (χ1n) is 13.0. The second-order valence-corrected chi connectivity index (χ2v) is 10.8. The average molecular weight is 708 g/mol. The van der Waals surface area contributed by atoms with Gasteiger partial charge in [0.15, 0.2) is 0 Å². The molecule has 0 aliphatic carbocycles. The van der Waals surface area contributed by atoms with Crippen LogP contribution in [0.1, 0.15) is 26.3 Å². The van der Waals surface area contributed by atoms with E-state index in [-0.39, 0.29) is 33.5 Å². The molecular weight excluding hydrogens is 678 g/mol. The Morgan fingerprint density at radius 3 is 2.25 bits per heavy atom. The maximum Gasteiger partial charge on any atom is 2.00 e. The summed E-state index contributed by atoms with van der Waals surface area (Å²) in [5.74, 6) is 2.02. The molecule has 2 heterocycles. The molecule has 1 aliphatic rings. The molecule has 6 nitrogen and oxygen atoms in total. The number of nitrogens with zero attached hydrogens (tertiary/aromatic N) is 4. The van der Waals surface area contributed by atoms with Crippen molar-refractivity contribution in [1.29, 1.82) is 0 Å². The van der Waals surface area contributed by atoms with Crippen LogP contribution in [0.15, 0.2) is 84.9 Å². The molecule has 0 radical (unpaired) electrons. The zero-order valence-electron chi connectivity index (χ0n) is 23.1. The fourth-order valence-corrected chi connectivity index (χ4v) is 4.87. The van der Waals surface area contributed by atoms with Gasteiger partial charge >= 0.3 is 28.1 Å². The fourth-order valence-electron chi connectivity index (χ4n) is 4.87. The smallest absolute Gasteiger partial charge is 0.537 e. The Morgan fingerprint density at radius 2 is 1.52 bits per heavy atom. The molecule has 0 atom stereocenters. The van der Waals surface area contributed by atoms with E-state index in [9.17, 15) is 0 Å². The number of hydrogen-bond donors (Lipinski definition) is 0. The van der Waals surface area contributed by atoms with Gasteiger partial charge < -0.3 is 14.2 Å². The van der Waals surface area contributed by atoms with Crippen LogP contribution in [0.2, 0.25) is 0 Å². The number of aromatic nitrogens is 3. The topological polar surface area (TPSA) is 52.4 Å². The zero-order valence-corrected chi connectivity index (χ0v) is 25.4. The molecule has 202 valence electrons. The van der Waals surface area contributed by atoms with Crippen LogP contribution in [0.25, 0.3) is 22.5 Å². The number of para-hydroxylation sites is 2. The molecule has 5 aromatic rings. The average Bonchev–Trinajstić information content (AvgIpc) is 3.48. The van der Waals surface area contributed by atoms with Crippen LogP contribution in [0.4, 0.5) is 5.69 Å². The van der Waals surface area contributed by atoms with Gasteiger partial charge in [-0.3, -0.25) is 4.68 Å². The first kappa shape index (κ1) is 27.7. The molecular formula is C32H29BN4O2Pt. The molecule has 0 bridgehead atoms. The molecule has 0 saturated carbocycles. The van der Waals surface area contributed by atoms with Crippen LogP contribution in [0.3, 0.4) is 0 Å². The van der Waals surface area contributed by atoms with Crippen LogP contribution in [-0.4, -0.2) is 29.1 Å². The van der Waals surface area contributed by atoms with Gasteiger partial charge in [0.2, 0.25) is 0 Å². The van der Waals surface area contributed by atoms with Crippen molar-refractivity contribution in [3.63, 3.8) is 0 Å². The fraction of sp³-hybridized carbons (Fsp3) is 0.188. The predicted molar refractivity (Wildman–Crippen MR) is 156 cm³/mol. The molecule has 0 spiro atoms. The van der Waals surface area contributed by atoms with Crippen molar-refractivity contribution in [2.24, 2.45) is 7.05 Å². The molecule has 6 rings (SSSR count). The van der Waals surface area contributed by atoms with E-state index >= 15 is 0 Å². The molecule has 0 N–H and O–H groups in total. The Morgan fingerprint density at radius 1 is 0.825 bits per heavy atom. The predicted octanol–water partition coefficient (Wildman–Crippen LogP) is 6.06. The third kappa shape index (κ3) is 5.31. The molecule has 0 amide bonds. The maximum atomic E-state index is 6.22. The van der Waals surface area contributed by atoms with Gasteiger partial charge in [0.25, 0.3) is 0 Å². The van der Waals surface area contributed by atoms with E-state index < -0.39 is 0 Å². The largest absolute Gasteiger partial charge is 2.00 e. The Balaban J connectivity index is 0.00000323. The molecule has 1 aliphatic heterocycles. The van der Waals surface area contributed by atoms with Crippen molar-refractivity contribution >= 4 is 18.2 Å². The van der Waals surface area contributed by atoms with Crippen LogP contribution >= 0.6 is 0 Å². The van der Waals surface area contributed by atoms with E-state index in [1.165, 1.54) is 5.56 Å². The Labute approximate surface area is 250 Å². The first-order chi connectivity index (χ1) is 18.8. The van der Waals surface area contributed by atoms with Gasteiger partial charge in [-0.25, -0.2) is 0 Å². The summed E-state index contributed by atoms with van der Waals surface area (Å²) < 4.78 is 14.2. The third-order valence-electron chi connectivity index (χ3n) is 6.99. The number of rotatable bonds is 5. The summed E-state index contributed by atoms with van der Waals surface area (Å²) in [6, 6.07) is 35.0. The van der Waals surface area contributed by atoms with Crippen LogP contribution in [0.5, 0.6) is 17.2 Å². The normalized spacial score (nSPS) is 12.5. The summed E-state index contributed by atoms with van der Waals surface area (Å²) in [4.78, 5) is 2.10. The Bertz CT molecular complexity index is 1650. The minimum Gasteiger partial charge on any atom is -0.537 e. The second kappa shape index (κ2) is 11.0. The number of hydrogen-bond acceptors (Lipinski definition) is 5. The molecule has 40 heavy (non-hydrogen) atoms. The zero-order chi connectivity index (χ0) is 27.1. The molecule has 4 aromatic carbocycles. The monoisotopic (exact) mass is 707 g/mol. The van der Waals surface area contributed by atoms with Crippen molar-refractivity contribution in [2.75, 3.05) is 11.9 Å². The summed E-state index contributed by atoms with van der Waals surface area (Å²) in [7, 11) is 3.66. The van der Waals surface area contributed by atoms with E-state index in [0.717, 1.165) is 39.4 Å². The Kier molecular flexibility index (Phi) is 7.61. The van der Waals surface area contributed by atoms with E-state index in [1.54, 1.807) is 4.68 Å². The van der Waals surface area contributed by atoms with Gasteiger partial charge in [0, 0.05) is 24.2 Å². The standard InChI is InChI=1S/C32H29BN4O2.Pt/c1-32(2,3)24-18-16-22(17-19-24)31-30(34-35-37(31)5)23-10-8-12-26(20-23)38-27-13-9-11-25(21-27)33-36(4)28-14-6-7-15-29(28)39-33;/h6-19H,1-5H3;/q-2;+2. The van der Waals surface area contributed by atoms with Crippen molar-refractivity contribution in [1.82, 2.24) is 15.0 Å². The molecule has 8 heteroatoms. The third-order valence-corrected chi connectivity index (χ3v) is 6.99. The second-order valence-electron chi connectivity index (χ2n) is 10.8. The van der Waals surface area contributed by atoms with Gasteiger partial charge in [0.1, 0.15) is 5.75 Å². The van der Waals surface area contributed by atoms with Crippen molar-refractivity contribution < 1.29 is 30.5 Å². The van der Waals surface area contributed by atoms with Crippen LogP contribution in [-0.2, 0) is 33.5 Å². The SMILES string of the molecule is CN1B(c2[c-]c(Oc3[c-]c(-c4nnn(C)c4-c4ccc(C(C)(C)C)cc4)ccc3)ccc2)Oc2ccccc21.[Pt+2]. The van der Waals surface area contributed by atoms with Crippen molar-refractivity contribution in [3.8, 4) is 39.8 Å². The maximum absolute atomic E-state index is 6.22. The number of ether oxygens (including phenoxy) is 1. The number of fused-ring (bicyclic) bond motifs is 1. The van der Waals surface area contributed by atoms with Crippen LogP contribution < -0.4 is 19.7 Å². The summed E-state index contributed by atoms with van der Waals surface area (Å²) in [5, 5.41) is 8.79. The first-order valence-corrected chi connectivity index (χ1v) is 13.0. The van der Waals surface area contributed by atoms with Gasteiger partial charge in [-0.2, -0.15) is 17.2 Å². The summed E-state index contributed by atoms with van der Waals surface area (Å²) in [6.07, 6.45) is 0. The van der Waals surface area contributed by atoms with E-state index in [0.29, 0.717) is 11.5 Å². The minimum atomic E-state index is -0.270. The molecule has 1 aromatic heterocycles. The minimum absolute atomic E-state index is 0. The van der Waals surface area contributed by atoms with Gasteiger partial charge in [-0.05, 0) is 35.7 Å². The van der Waals surface area contributed by atoms with E-state index in [4.69, 9.17) is 9.39 Å². The molecule has 0 saturated heterocycles. The number of anilines is 1. The summed E-state index contributed by atoms with van der Waals surface area (Å²) in [6.45, 7) is 6.64. The van der Waals surface area contributed by atoms with E-state index in [1.807, 2.05) is 68.7 Å². The number of aryl methyl sites for hydroxylation is 1. The van der Waals surface area contributed by atoms with Crippen molar-refractivity contribution in [3.05, 3.63) is 103 Å². The molecule has 0 unspecified atom stereocenters. The van der Waals surface area contributed by atoms with Gasteiger partial charge in [0.05, 0.1) is 11.4 Å². The molecule has 0 fully saturated rings. The Hall–Kier alpha value is -3.83. The summed E-state index contributed by atoms with van der Waals surface area (Å²) in [5.41, 5.74) is 6.84. The summed E-state index contributed by atoms with van der Waals surface area (Å²) >= 11 is 0. The number of benzene rings is 4. The van der Waals surface area contributed by atoms with E-state index in [2.05, 4.69) is 78.4 Å². The quantitative estimate of drug-likeness (QED) is 0.164. The van der Waals surface area contributed by atoms with Gasteiger partial charge in [-0.15, -0.1) is 41.4 Å². The van der Waals surface area contributed by atoms with Crippen molar-refractivity contribution in [2.45, 2.75) is 26.2 Å².